The molecule has 0 radical (unpaired) electrons. The van der Waals surface area contributed by atoms with Gasteiger partial charge in [0.2, 0.25) is 0 Å². The van der Waals surface area contributed by atoms with Gasteiger partial charge in [-0.3, -0.25) is 4.79 Å². The third kappa shape index (κ3) is 3.25. The van der Waals surface area contributed by atoms with Crippen molar-refractivity contribution in [1.29, 1.82) is 5.26 Å². The lowest BCUT2D eigenvalue weighted by molar-refractivity contribution is 0.0742. The van der Waals surface area contributed by atoms with E-state index in [0.717, 1.165) is 10.9 Å². The third-order valence-corrected chi connectivity index (χ3v) is 5.18. The number of carbonyl (C=O) groups is 1. The number of amides is 1. The molecule has 4 rings (SSSR count). The first-order chi connectivity index (χ1) is 13.6. The topological polar surface area (TPSA) is 60.2 Å². The first kappa shape index (κ1) is 18.2. The van der Waals surface area contributed by atoms with Crippen LogP contribution < -0.4 is 4.90 Å². The zero-order chi connectivity index (χ0) is 19.7. The van der Waals surface area contributed by atoms with Gasteiger partial charge in [0.05, 0.1) is 21.7 Å². The SMILES string of the molecule is N#Cc1cc2ccccc2nc1N1CCN(C(=O)c2c(F)cccc2Cl)CC1. The monoisotopic (exact) mass is 394 g/mol. The molecule has 2 aromatic carbocycles. The molecule has 7 heteroatoms. The summed E-state index contributed by atoms with van der Waals surface area (Å²) >= 11 is 6.02. The molecular formula is C21H16ClFN4O. The highest BCUT2D eigenvalue weighted by Crippen LogP contribution is 2.26. The summed E-state index contributed by atoms with van der Waals surface area (Å²) in [6.07, 6.45) is 0. The number of anilines is 1. The second-order valence-electron chi connectivity index (χ2n) is 6.54. The Labute approximate surface area is 166 Å². The van der Waals surface area contributed by atoms with Crippen molar-refractivity contribution < 1.29 is 9.18 Å². The summed E-state index contributed by atoms with van der Waals surface area (Å²) < 4.78 is 14.1. The summed E-state index contributed by atoms with van der Waals surface area (Å²) in [5, 5.41) is 10.5. The van der Waals surface area contributed by atoms with Gasteiger partial charge in [-0.1, -0.05) is 35.9 Å². The molecule has 1 aliphatic heterocycles. The van der Waals surface area contributed by atoms with E-state index in [-0.39, 0.29) is 10.6 Å². The van der Waals surface area contributed by atoms with Gasteiger partial charge in [-0.25, -0.2) is 9.37 Å². The Morgan fingerprint density at radius 2 is 1.86 bits per heavy atom. The summed E-state index contributed by atoms with van der Waals surface area (Å²) in [5.74, 6) is -0.435. The molecule has 1 aliphatic rings. The van der Waals surface area contributed by atoms with Crippen LogP contribution in [-0.2, 0) is 0 Å². The Balaban J connectivity index is 1.56. The maximum atomic E-state index is 14.1. The van der Waals surface area contributed by atoms with Crippen molar-refractivity contribution in [2.45, 2.75) is 0 Å². The van der Waals surface area contributed by atoms with Gasteiger partial charge < -0.3 is 9.80 Å². The molecule has 0 spiro atoms. The molecule has 1 saturated heterocycles. The van der Waals surface area contributed by atoms with Crippen molar-refractivity contribution in [3.05, 3.63) is 70.5 Å². The number of aromatic nitrogens is 1. The molecule has 0 atom stereocenters. The predicted molar refractivity (Wildman–Crippen MR) is 106 cm³/mol. The summed E-state index contributed by atoms with van der Waals surface area (Å²) in [4.78, 5) is 20.9. The Morgan fingerprint density at radius 3 is 2.57 bits per heavy atom. The minimum Gasteiger partial charge on any atom is -0.352 e. The van der Waals surface area contributed by atoms with Crippen LogP contribution >= 0.6 is 11.6 Å². The highest BCUT2D eigenvalue weighted by molar-refractivity contribution is 6.33. The maximum absolute atomic E-state index is 14.1. The second kappa shape index (κ2) is 7.45. The van der Waals surface area contributed by atoms with Gasteiger partial charge in [-0.15, -0.1) is 0 Å². The van der Waals surface area contributed by atoms with E-state index >= 15 is 0 Å². The van der Waals surface area contributed by atoms with Crippen LogP contribution in [0.1, 0.15) is 15.9 Å². The average molecular weight is 395 g/mol. The van der Waals surface area contributed by atoms with Gasteiger partial charge in [-0.2, -0.15) is 5.26 Å². The highest BCUT2D eigenvalue weighted by Gasteiger charge is 2.27. The second-order valence-corrected chi connectivity index (χ2v) is 6.95. The standard InChI is InChI=1S/C21H16ClFN4O/c22-16-5-3-6-17(23)19(16)21(28)27-10-8-26(9-11-27)20-15(13-24)12-14-4-1-2-7-18(14)25-20/h1-7,12H,8-11H2. The molecule has 0 unspecified atom stereocenters. The van der Waals surface area contributed by atoms with Crippen molar-refractivity contribution in [2.24, 2.45) is 0 Å². The fourth-order valence-corrected chi connectivity index (χ4v) is 3.65. The number of carbonyl (C=O) groups excluding carboxylic acids is 1. The number of para-hydroxylation sites is 1. The Morgan fingerprint density at radius 1 is 1.11 bits per heavy atom. The molecule has 0 saturated carbocycles. The quantitative estimate of drug-likeness (QED) is 0.662. The number of hydrogen-bond acceptors (Lipinski definition) is 4. The number of hydrogen-bond donors (Lipinski definition) is 0. The van der Waals surface area contributed by atoms with Gasteiger partial charge in [-0.05, 0) is 24.3 Å². The normalized spacial score (nSPS) is 14.2. The molecule has 28 heavy (non-hydrogen) atoms. The van der Waals surface area contributed by atoms with Crippen LogP contribution in [0, 0.1) is 17.1 Å². The zero-order valence-corrected chi connectivity index (χ0v) is 15.7. The molecule has 0 N–H and O–H groups in total. The molecule has 1 amide bonds. The van der Waals surface area contributed by atoms with Crippen molar-refractivity contribution in [3.63, 3.8) is 0 Å². The molecule has 1 fully saturated rings. The van der Waals surface area contributed by atoms with Gasteiger partial charge in [0.1, 0.15) is 17.7 Å². The van der Waals surface area contributed by atoms with Crippen molar-refractivity contribution >= 4 is 34.2 Å². The Kier molecular flexibility index (Phi) is 4.84. The van der Waals surface area contributed by atoms with E-state index in [1.165, 1.54) is 18.2 Å². The fourth-order valence-electron chi connectivity index (χ4n) is 3.41. The van der Waals surface area contributed by atoms with E-state index in [1.54, 1.807) is 4.90 Å². The van der Waals surface area contributed by atoms with Gasteiger partial charge in [0, 0.05) is 31.6 Å². The maximum Gasteiger partial charge on any atom is 0.258 e. The van der Waals surface area contributed by atoms with E-state index in [2.05, 4.69) is 11.1 Å². The first-order valence-corrected chi connectivity index (χ1v) is 9.24. The lowest BCUT2D eigenvalue weighted by atomic mass is 10.1. The number of nitrogens with zero attached hydrogens (tertiary/aromatic N) is 4. The van der Waals surface area contributed by atoms with Crippen LogP contribution in [0.2, 0.25) is 5.02 Å². The smallest absolute Gasteiger partial charge is 0.258 e. The zero-order valence-electron chi connectivity index (χ0n) is 14.9. The Bertz CT molecular complexity index is 1080. The van der Waals surface area contributed by atoms with E-state index in [0.29, 0.717) is 37.6 Å². The van der Waals surface area contributed by atoms with E-state index in [4.69, 9.17) is 11.6 Å². The van der Waals surface area contributed by atoms with Gasteiger partial charge in [0.25, 0.3) is 5.91 Å². The van der Waals surface area contributed by atoms with E-state index in [1.807, 2.05) is 35.2 Å². The van der Waals surface area contributed by atoms with E-state index in [9.17, 15) is 14.4 Å². The number of rotatable bonds is 2. The van der Waals surface area contributed by atoms with Crippen molar-refractivity contribution in [2.75, 3.05) is 31.1 Å². The largest absolute Gasteiger partial charge is 0.352 e. The summed E-state index contributed by atoms with van der Waals surface area (Å²) in [5.41, 5.74) is 1.21. The Hall–Kier alpha value is -3.17. The fraction of sp³-hybridized carbons (Fsp3) is 0.190. The summed E-state index contributed by atoms with van der Waals surface area (Å²) in [6.45, 7) is 1.78. The molecule has 140 valence electrons. The molecule has 5 nitrogen and oxygen atoms in total. The van der Waals surface area contributed by atoms with Crippen LogP contribution in [0.4, 0.5) is 10.2 Å². The number of piperazine rings is 1. The molecule has 1 aromatic heterocycles. The molecular weight excluding hydrogens is 379 g/mol. The highest BCUT2D eigenvalue weighted by atomic mass is 35.5. The lowest BCUT2D eigenvalue weighted by Crippen LogP contribution is -2.49. The summed E-state index contributed by atoms with van der Waals surface area (Å²) in [6, 6.07) is 15.9. The average Bonchev–Trinajstić information content (AvgIpc) is 2.72. The number of benzene rings is 2. The van der Waals surface area contributed by atoms with E-state index < -0.39 is 11.7 Å². The molecule has 0 aliphatic carbocycles. The van der Waals surface area contributed by atoms with Gasteiger partial charge >= 0.3 is 0 Å². The predicted octanol–water partition coefficient (Wildman–Crippen LogP) is 3.86. The molecule has 0 bridgehead atoms. The van der Waals surface area contributed by atoms with Crippen LogP contribution in [0.25, 0.3) is 10.9 Å². The number of halogens is 2. The minimum absolute atomic E-state index is 0.0980. The van der Waals surface area contributed by atoms with Crippen molar-refractivity contribution in [3.8, 4) is 6.07 Å². The molecule has 2 heterocycles. The van der Waals surface area contributed by atoms with Crippen LogP contribution in [0.3, 0.4) is 0 Å². The first-order valence-electron chi connectivity index (χ1n) is 8.86. The number of pyridine rings is 1. The van der Waals surface area contributed by atoms with Crippen molar-refractivity contribution in [1.82, 2.24) is 9.88 Å². The van der Waals surface area contributed by atoms with Crippen LogP contribution in [0.5, 0.6) is 0 Å². The number of fused-ring (bicyclic) bond motifs is 1. The third-order valence-electron chi connectivity index (χ3n) is 4.87. The summed E-state index contributed by atoms with van der Waals surface area (Å²) in [7, 11) is 0. The molecule has 3 aromatic rings. The minimum atomic E-state index is -0.622. The van der Waals surface area contributed by atoms with Crippen LogP contribution in [-0.4, -0.2) is 42.0 Å². The van der Waals surface area contributed by atoms with Crippen LogP contribution in [0.15, 0.2) is 48.5 Å². The number of nitriles is 1. The van der Waals surface area contributed by atoms with Gasteiger partial charge in [0.15, 0.2) is 0 Å². The lowest BCUT2D eigenvalue weighted by Gasteiger charge is -2.36.